The zero-order valence-electron chi connectivity index (χ0n) is 12.8. The molecule has 0 heteroatoms. The van der Waals surface area contributed by atoms with Crippen LogP contribution in [0, 0.1) is 28.6 Å². The van der Waals surface area contributed by atoms with E-state index in [0.717, 1.165) is 17.8 Å². The van der Waals surface area contributed by atoms with E-state index < -0.39 is 0 Å². The minimum Gasteiger partial charge on any atom is -0.0776 e. The standard InChI is InChI=1S/C19H28.CH4/c1-13-7-10-16-15-9-8-14-6-4-5-11-18(14,2)17(15)12-19(13,16)3;/h7,10,14-15,17H,4-6,8-9,11-12H2,1-3H3;1H4. The Hall–Kier alpha value is -0.520. The largest absolute Gasteiger partial charge is 0.0776 e. The van der Waals surface area contributed by atoms with Crippen molar-refractivity contribution < 1.29 is 0 Å². The third kappa shape index (κ3) is 1.60. The summed E-state index contributed by atoms with van der Waals surface area (Å²) in [7, 11) is 0. The van der Waals surface area contributed by atoms with Gasteiger partial charge in [-0.05, 0) is 62.2 Å². The van der Waals surface area contributed by atoms with Crippen molar-refractivity contribution in [3.63, 3.8) is 0 Å². The Morgan fingerprint density at radius 3 is 2.65 bits per heavy atom. The Kier molecular flexibility index (Phi) is 3.23. The highest BCUT2D eigenvalue weighted by atomic mass is 14.6. The zero-order valence-corrected chi connectivity index (χ0v) is 12.8. The van der Waals surface area contributed by atoms with Gasteiger partial charge in [-0.2, -0.15) is 0 Å². The molecule has 0 N–H and O–H groups in total. The smallest absolute Gasteiger partial charge is 0.0102 e. The number of hydrogen-bond acceptors (Lipinski definition) is 0. The fourth-order valence-electron chi connectivity index (χ4n) is 6.24. The van der Waals surface area contributed by atoms with E-state index in [1.165, 1.54) is 44.9 Å². The maximum absolute atomic E-state index is 2.65. The summed E-state index contributed by atoms with van der Waals surface area (Å²) < 4.78 is 0. The van der Waals surface area contributed by atoms with Gasteiger partial charge in [0.15, 0.2) is 0 Å². The predicted molar refractivity (Wildman–Crippen MR) is 87.6 cm³/mol. The highest BCUT2D eigenvalue weighted by Gasteiger charge is 2.58. The number of rotatable bonds is 0. The minimum absolute atomic E-state index is 0. The molecule has 112 valence electrons. The van der Waals surface area contributed by atoms with Crippen molar-refractivity contribution in [2.75, 3.05) is 0 Å². The highest BCUT2D eigenvalue weighted by molar-refractivity contribution is 5.44. The van der Waals surface area contributed by atoms with Crippen LogP contribution in [0.1, 0.15) is 73.1 Å². The second kappa shape index (κ2) is 4.49. The van der Waals surface area contributed by atoms with Gasteiger partial charge in [0.25, 0.3) is 0 Å². The van der Waals surface area contributed by atoms with Crippen LogP contribution >= 0.6 is 0 Å². The van der Waals surface area contributed by atoms with Gasteiger partial charge in [-0.3, -0.25) is 0 Å². The lowest BCUT2D eigenvalue weighted by molar-refractivity contribution is -0.0175. The fourth-order valence-corrected chi connectivity index (χ4v) is 6.24. The van der Waals surface area contributed by atoms with E-state index in [0.29, 0.717) is 10.8 Å². The zero-order chi connectivity index (χ0) is 13.3. The molecule has 0 amide bonds. The van der Waals surface area contributed by atoms with Gasteiger partial charge in [-0.25, -0.2) is 0 Å². The minimum atomic E-state index is 0. The SMILES string of the molecule is C.CC1=CC=C2C3CCC4CCCCC4(C)C3CC12C. The van der Waals surface area contributed by atoms with Crippen LogP contribution in [0.2, 0.25) is 0 Å². The average Bonchev–Trinajstić information content (AvgIpc) is 2.84. The van der Waals surface area contributed by atoms with Crippen LogP contribution in [-0.4, -0.2) is 0 Å². The van der Waals surface area contributed by atoms with Gasteiger partial charge in [0.2, 0.25) is 0 Å². The van der Waals surface area contributed by atoms with E-state index in [1.54, 1.807) is 11.1 Å². The van der Waals surface area contributed by atoms with E-state index >= 15 is 0 Å². The first-order valence-corrected chi connectivity index (χ1v) is 8.45. The van der Waals surface area contributed by atoms with Crippen LogP contribution in [0.3, 0.4) is 0 Å². The Balaban J connectivity index is 0.00000121. The number of allylic oxidation sites excluding steroid dienone is 4. The van der Waals surface area contributed by atoms with Crippen molar-refractivity contribution in [1.29, 1.82) is 0 Å². The van der Waals surface area contributed by atoms with E-state index in [1.807, 2.05) is 0 Å². The highest BCUT2D eigenvalue weighted by Crippen LogP contribution is 2.67. The molecule has 20 heavy (non-hydrogen) atoms. The summed E-state index contributed by atoms with van der Waals surface area (Å²) in [4.78, 5) is 0. The summed E-state index contributed by atoms with van der Waals surface area (Å²) >= 11 is 0. The van der Waals surface area contributed by atoms with Gasteiger partial charge < -0.3 is 0 Å². The van der Waals surface area contributed by atoms with Crippen molar-refractivity contribution in [3.8, 4) is 0 Å². The molecule has 4 aliphatic rings. The van der Waals surface area contributed by atoms with Crippen LogP contribution in [-0.2, 0) is 0 Å². The summed E-state index contributed by atoms with van der Waals surface area (Å²) in [6, 6.07) is 0. The van der Waals surface area contributed by atoms with E-state index in [4.69, 9.17) is 0 Å². The Morgan fingerprint density at radius 2 is 1.85 bits per heavy atom. The van der Waals surface area contributed by atoms with Gasteiger partial charge in [0.05, 0.1) is 0 Å². The van der Waals surface area contributed by atoms with E-state index in [9.17, 15) is 0 Å². The number of fused-ring (bicyclic) bond motifs is 5. The molecular weight excluding hydrogens is 240 g/mol. The molecule has 5 atom stereocenters. The molecule has 4 rings (SSSR count). The van der Waals surface area contributed by atoms with Crippen LogP contribution in [0.5, 0.6) is 0 Å². The van der Waals surface area contributed by atoms with E-state index in [2.05, 4.69) is 32.9 Å². The Labute approximate surface area is 125 Å². The van der Waals surface area contributed by atoms with Gasteiger partial charge in [-0.1, -0.05) is 57.4 Å². The third-order valence-electron chi connectivity index (χ3n) is 7.66. The van der Waals surface area contributed by atoms with Gasteiger partial charge in [0.1, 0.15) is 0 Å². The van der Waals surface area contributed by atoms with Crippen LogP contribution in [0.25, 0.3) is 0 Å². The van der Waals surface area contributed by atoms with Crippen molar-refractivity contribution >= 4 is 0 Å². The Morgan fingerprint density at radius 1 is 1.05 bits per heavy atom. The molecule has 4 aliphatic carbocycles. The van der Waals surface area contributed by atoms with Gasteiger partial charge in [-0.15, -0.1) is 0 Å². The van der Waals surface area contributed by atoms with Crippen molar-refractivity contribution in [2.45, 2.75) is 73.1 Å². The Bertz CT molecular complexity index is 468. The van der Waals surface area contributed by atoms with Gasteiger partial charge >= 0.3 is 0 Å². The lowest BCUT2D eigenvalue weighted by atomic mass is 9.53. The molecule has 0 aromatic heterocycles. The predicted octanol–water partition coefficient (Wildman–Crippen LogP) is 6.14. The quantitative estimate of drug-likeness (QED) is 0.496. The second-order valence-corrected chi connectivity index (χ2v) is 8.25. The lowest BCUT2D eigenvalue weighted by Crippen LogP contribution is -2.43. The van der Waals surface area contributed by atoms with Crippen LogP contribution in [0.15, 0.2) is 23.3 Å². The fraction of sp³-hybridized carbons (Fsp3) is 0.800. The molecule has 0 radical (unpaired) electrons. The summed E-state index contributed by atoms with van der Waals surface area (Å²) in [5.41, 5.74) is 4.54. The molecule has 0 bridgehead atoms. The maximum atomic E-state index is 2.65. The molecule has 0 heterocycles. The van der Waals surface area contributed by atoms with Crippen LogP contribution < -0.4 is 0 Å². The molecule has 0 nitrogen and oxygen atoms in total. The third-order valence-corrected chi connectivity index (χ3v) is 7.66. The monoisotopic (exact) mass is 272 g/mol. The first kappa shape index (κ1) is 14.4. The summed E-state index contributed by atoms with van der Waals surface area (Å²) in [6.45, 7) is 7.54. The first-order valence-electron chi connectivity index (χ1n) is 8.45. The molecule has 3 saturated carbocycles. The average molecular weight is 272 g/mol. The second-order valence-electron chi connectivity index (χ2n) is 8.25. The molecular formula is C20H32. The molecule has 0 aromatic rings. The molecule has 3 fully saturated rings. The molecule has 0 spiro atoms. The topological polar surface area (TPSA) is 0 Å². The lowest BCUT2D eigenvalue weighted by Gasteiger charge is -2.52. The number of hydrogen-bond donors (Lipinski definition) is 0. The van der Waals surface area contributed by atoms with Crippen LogP contribution in [0.4, 0.5) is 0 Å². The maximum Gasteiger partial charge on any atom is 0.0102 e. The first-order chi connectivity index (χ1) is 9.06. The molecule has 0 aromatic carbocycles. The normalized spacial score (nSPS) is 49.5. The van der Waals surface area contributed by atoms with Crippen molar-refractivity contribution in [1.82, 2.24) is 0 Å². The molecule has 0 saturated heterocycles. The van der Waals surface area contributed by atoms with Gasteiger partial charge in [0, 0.05) is 5.41 Å². The van der Waals surface area contributed by atoms with Crippen molar-refractivity contribution in [2.24, 2.45) is 28.6 Å². The summed E-state index contributed by atoms with van der Waals surface area (Å²) in [5, 5.41) is 0. The van der Waals surface area contributed by atoms with E-state index in [-0.39, 0.29) is 7.43 Å². The summed E-state index contributed by atoms with van der Waals surface area (Å²) in [6.07, 6.45) is 15.3. The summed E-state index contributed by atoms with van der Waals surface area (Å²) in [5.74, 6) is 2.93. The van der Waals surface area contributed by atoms with Crippen molar-refractivity contribution in [3.05, 3.63) is 23.3 Å². The molecule has 5 unspecified atom stereocenters. The molecule has 0 aliphatic heterocycles.